The molecule has 156 valence electrons. The molecule has 0 fully saturated rings. The highest BCUT2D eigenvalue weighted by molar-refractivity contribution is 6.00. The first-order chi connectivity index (χ1) is 15.8. The Labute approximate surface area is 186 Å². The van der Waals surface area contributed by atoms with Crippen molar-refractivity contribution in [3.63, 3.8) is 0 Å². The molecular formula is C27H22N4O. The van der Waals surface area contributed by atoms with Crippen LogP contribution in [0.3, 0.4) is 0 Å². The minimum absolute atomic E-state index is 0.152. The normalized spacial score (nSPS) is 20.3. The maximum atomic E-state index is 13.5. The molecule has 3 heterocycles. The lowest BCUT2D eigenvalue weighted by Gasteiger charge is -2.35. The molecule has 0 saturated carbocycles. The fraction of sp³-hybridized carbons (Fsp3) is 0.148. The number of fused-ring (bicyclic) bond motifs is 3. The first-order valence-electron chi connectivity index (χ1n) is 10.9. The lowest BCUT2D eigenvalue weighted by molar-refractivity contribution is -0.117. The van der Waals surface area contributed by atoms with Crippen molar-refractivity contribution in [3.05, 3.63) is 108 Å². The number of ketones is 1. The summed E-state index contributed by atoms with van der Waals surface area (Å²) in [6, 6.07) is 22.0. The van der Waals surface area contributed by atoms with Crippen molar-refractivity contribution < 1.29 is 4.79 Å². The van der Waals surface area contributed by atoms with Crippen LogP contribution >= 0.6 is 0 Å². The Hall–Kier alpha value is -3.99. The molecule has 2 aromatic heterocycles. The van der Waals surface area contributed by atoms with Gasteiger partial charge in [-0.25, -0.2) is 4.98 Å². The van der Waals surface area contributed by atoms with E-state index in [1.165, 1.54) is 0 Å². The van der Waals surface area contributed by atoms with Gasteiger partial charge in [-0.3, -0.25) is 14.3 Å². The Bertz CT molecular complexity index is 1370. The third-order valence-corrected chi connectivity index (χ3v) is 6.29. The minimum atomic E-state index is -0.228. The third kappa shape index (κ3) is 3.14. The van der Waals surface area contributed by atoms with E-state index in [2.05, 4.69) is 45.2 Å². The van der Waals surface area contributed by atoms with Gasteiger partial charge in [0.1, 0.15) is 0 Å². The zero-order valence-corrected chi connectivity index (χ0v) is 17.5. The number of nitrogens with zero attached hydrogens (tertiary/aromatic N) is 3. The van der Waals surface area contributed by atoms with E-state index in [0.29, 0.717) is 6.42 Å². The number of hydrogen-bond donors (Lipinski definition) is 1. The van der Waals surface area contributed by atoms with Crippen molar-refractivity contribution in [2.75, 3.05) is 5.32 Å². The van der Waals surface area contributed by atoms with E-state index in [4.69, 9.17) is 4.98 Å². The fourth-order valence-corrected chi connectivity index (χ4v) is 4.86. The molecule has 0 unspecified atom stereocenters. The van der Waals surface area contributed by atoms with Crippen LogP contribution in [0.15, 0.2) is 96.5 Å². The van der Waals surface area contributed by atoms with Gasteiger partial charge in [0, 0.05) is 30.1 Å². The zero-order valence-electron chi connectivity index (χ0n) is 17.5. The van der Waals surface area contributed by atoms with Gasteiger partial charge in [0.15, 0.2) is 5.78 Å². The second-order valence-electron chi connectivity index (χ2n) is 8.36. The number of para-hydroxylation sites is 2. The molecule has 0 radical (unpaired) electrons. The summed E-state index contributed by atoms with van der Waals surface area (Å²) in [7, 11) is 0. The molecule has 2 aliphatic rings. The number of hydrogen-bond acceptors (Lipinski definition) is 4. The van der Waals surface area contributed by atoms with Crippen LogP contribution in [0.4, 0.5) is 5.95 Å². The van der Waals surface area contributed by atoms with Crippen LogP contribution in [0, 0.1) is 5.92 Å². The summed E-state index contributed by atoms with van der Waals surface area (Å²) in [5.41, 5.74) is 5.87. The molecule has 2 atom stereocenters. The molecule has 0 amide bonds. The molecule has 1 aliphatic heterocycles. The maximum absolute atomic E-state index is 13.5. The lowest BCUT2D eigenvalue weighted by Crippen LogP contribution is -2.33. The van der Waals surface area contributed by atoms with Crippen LogP contribution in [0.1, 0.15) is 30.0 Å². The molecule has 4 aromatic rings. The largest absolute Gasteiger partial charge is 0.329 e. The molecule has 0 saturated heterocycles. The summed E-state index contributed by atoms with van der Waals surface area (Å²) < 4.78 is 2.14. The molecule has 5 heteroatoms. The number of pyridine rings is 1. The van der Waals surface area contributed by atoms with E-state index in [0.717, 1.165) is 45.8 Å². The van der Waals surface area contributed by atoms with Gasteiger partial charge in [-0.05, 0) is 41.7 Å². The Morgan fingerprint density at radius 1 is 0.969 bits per heavy atom. The van der Waals surface area contributed by atoms with Crippen molar-refractivity contribution in [1.29, 1.82) is 0 Å². The minimum Gasteiger partial charge on any atom is -0.329 e. The summed E-state index contributed by atoms with van der Waals surface area (Å²) in [6.07, 6.45) is 9.18. The van der Waals surface area contributed by atoms with Crippen LogP contribution in [-0.2, 0) is 4.79 Å². The number of rotatable bonds is 3. The average Bonchev–Trinajstić information content (AvgIpc) is 3.20. The fourth-order valence-electron chi connectivity index (χ4n) is 4.86. The SMILES string of the molecule is O=C1C[C@H](/C=C/c2ccccc2)CC2=C1[C@H](c1cccnc1)n1c(nc3ccccc31)N2. The molecular weight excluding hydrogens is 396 g/mol. The van der Waals surface area contributed by atoms with E-state index < -0.39 is 0 Å². The zero-order chi connectivity index (χ0) is 21.5. The number of carbonyl (C=O) groups is 1. The van der Waals surface area contributed by atoms with Gasteiger partial charge in [-0.15, -0.1) is 0 Å². The quantitative estimate of drug-likeness (QED) is 0.484. The summed E-state index contributed by atoms with van der Waals surface area (Å²) in [5.74, 6) is 1.11. The highest BCUT2D eigenvalue weighted by atomic mass is 16.1. The number of nitrogens with one attached hydrogen (secondary N) is 1. The van der Waals surface area contributed by atoms with Crippen LogP contribution in [0.25, 0.3) is 17.1 Å². The van der Waals surface area contributed by atoms with Gasteiger partial charge in [0.2, 0.25) is 5.95 Å². The van der Waals surface area contributed by atoms with E-state index in [9.17, 15) is 4.79 Å². The van der Waals surface area contributed by atoms with E-state index in [-0.39, 0.29) is 17.7 Å². The number of allylic oxidation sites excluding steroid dienone is 3. The molecule has 0 bridgehead atoms. The predicted octanol–water partition coefficient (Wildman–Crippen LogP) is 5.39. The standard InChI is InChI=1S/C27H22N4O/c32-24-16-19(13-12-18-7-2-1-3-8-18)15-22-25(24)26(20-9-6-14-28-17-20)31-23-11-5-4-10-21(23)29-27(31)30-22/h1-14,17,19,26H,15-16H2,(H,29,30)/b13-12+/t19-,26+/m1/s1. The maximum Gasteiger partial charge on any atom is 0.209 e. The first kappa shape index (κ1) is 18.8. The summed E-state index contributed by atoms with van der Waals surface area (Å²) in [6.45, 7) is 0. The van der Waals surface area contributed by atoms with Crippen LogP contribution in [0.2, 0.25) is 0 Å². The van der Waals surface area contributed by atoms with E-state index >= 15 is 0 Å². The van der Waals surface area contributed by atoms with Gasteiger partial charge >= 0.3 is 0 Å². The molecule has 32 heavy (non-hydrogen) atoms. The molecule has 5 nitrogen and oxygen atoms in total. The first-order valence-corrected chi connectivity index (χ1v) is 10.9. The number of Topliss-reactive ketones (excluding diaryl/α,β-unsaturated/α-hetero) is 1. The van der Waals surface area contributed by atoms with Crippen molar-refractivity contribution in [2.24, 2.45) is 5.92 Å². The van der Waals surface area contributed by atoms with Crippen molar-refractivity contribution in [3.8, 4) is 0 Å². The topological polar surface area (TPSA) is 59.8 Å². The Kier molecular flexibility index (Phi) is 4.46. The Balaban J connectivity index is 1.44. The van der Waals surface area contributed by atoms with Gasteiger partial charge in [-0.1, -0.05) is 60.7 Å². The second kappa shape index (κ2) is 7.61. The number of benzene rings is 2. The van der Waals surface area contributed by atoms with Gasteiger partial charge in [0.05, 0.1) is 17.1 Å². The number of carbonyl (C=O) groups excluding carboxylic acids is 1. The van der Waals surface area contributed by atoms with Crippen molar-refractivity contribution in [2.45, 2.75) is 18.9 Å². The van der Waals surface area contributed by atoms with Crippen LogP contribution < -0.4 is 5.32 Å². The molecule has 2 aromatic carbocycles. The highest BCUT2D eigenvalue weighted by Crippen LogP contribution is 2.44. The van der Waals surface area contributed by atoms with Gasteiger partial charge < -0.3 is 5.32 Å². The average molecular weight is 419 g/mol. The van der Waals surface area contributed by atoms with Crippen molar-refractivity contribution >= 4 is 28.8 Å². The smallest absolute Gasteiger partial charge is 0.209 e. The third-order valence-electron chi connectivity index (χ3n) is 6.29. The highest BCUT2D eigenvalue weighted by Gasteiger charge is 2.38. The van der Waals surface area contributed by atoms with Gasteiger partial charge in [-0.2, -0.15) is 0 Å². The van der Waals surface area contributed by atoms with Gasteiger partial charge in [0.25, 0.3) is 0 Å². The molecule has 0 spiro atoms. The molecule has 1 N–H and O–H groups in total. The second-order valence-corrected chi connectivity index (χ2v) is 8.36. The van der Waals surface area contributed by atoms with Crippen LogP contribution in [0.5, 0.6) is 0 Å². The summed E-state index contributed by atoms with van der Waals surface area (Å²) in [5, 5.41) is 3.50. The molecule has 6 rings (SSSR count). The lowest BCUT2D eigenvalue weighted by atomic mass is 9.80. The Morgan fingerprint density at radius 3 is 2.66 bits per heavy atom. The summed E-state index contributed by atoms with van der Waals surface area (Å²) >= 11 is 0. The van der Waals surface area contributed by atoms with E-state index in [1.54, 1.807) is 6.20 Å². The number of aromatic nitrogens is 3. The van der Waals surface area contributed by atoms with E-state index in [1.807, 2.05) is 54.7 Å². The number of anilines is 1. The molecule has 1 aliphatic carbocycles. The predicted molar refractivity (Wildman–Crippen MR) is 126 cm³/mol. The monoisotopic (exact) mass is 418 g/mol. The van der Waals surface area contributed by atoms with Crippen molar-refractivity contribution in [1.82, 2.24) is 14.5 Å². The Morgan fingerprint density at radius 2 is 1.81 bits per heavy atom. The summed E-state index contributed by atoms with van der Waals surface area (Å²) in [4.78, 5) is 22.7. The van der Waals surface area contributed by atoms with Crippen LogP contribution in [-0.4, -0.2) is 20.3 Å². The number of imidazole rings is 1.